The molecule has 0 radical (unpaired) electrons. The fourth-order valence-electron chi connectivity index (χ4n) is 1.61. The smallest absolute Gasteiger partial charge is 0.398 e. The van der Waals surface area contributed by atoms with E-state index < -0.39 is 11.7 Å². The number of hydrogen-bond donors (Lipinski definition) is 2. The highest BCUT2D eigenvalue weighted by Crippen LogP contribution is 2.37. The lowest BCUT2D eigenvalue weighted by atomic mass is 10.1. The zero-order valence-corrected chi connectivity index (χ0v) is 7.28. The van der Waals surface area contributed by atoms with E-state index >= 15 is 0 Å². The number of anilines is 2. The maximum absolute atomic E-state index is 12.4. The average molecular weight is 202 g/mol. The number of rotatable bonds is 0. The van der Waals surface area contributed by atoms with Crippen molar-refractivity contribution in [3.8, 4) is 0 Å². The van der Waals surface area contributed by atoms with Gasteiger partial charge in [-0.3, -0.25) is 0 Å². The summed E-state index contributed by atoms with van der Waals surface area (Å²) in [7, 11) is 0. The average Bonchev–Trinajstić information content (AvgIpc) is 2.47. The van der Waals surface area contributed by atoms with Crippen LogP contribution in [-0.4, -0.2) is 6.54 Å². The van der Waals surface area contributed by atoms with Gasteiger partial charge in [-0.05, 0) is 24.1 Å². The van der Waals surface area contributed by atoms with Gasteiger partial charge in [0.15, 0.2) is 0 Å². The second kappa shape index (κ2) is 2.80. The number of nitrogens with two attached hydrogens (primary N) is 1. The second-order valence-corrected chi connectivity index (χ2v) is 3.27. The Balaban J connectivity index is 2.53. The summed E-state index contributed by atoms with van der Waals surface area (Å²) in [5, 5.41) is 2.97. The maximum Gasteiger partial charge on any atom is 0.418 e. The van der Waals surface area contributed by atoms with Crippen molar-refractivity contribution in [1.82, 2.24) is 0 Å². The van der Waals surface area contributed by atoms with Crippen molar-refractivity contribution in [2.24, 2.45) is 0 Å². The zero-order chi connectivity index (χ0) is 10.3. The molecule has 2 nitrogen and oxygen atoms in total. The molecule has 0 saturated heterocycles. The van der Waals surface area contributed by atoms with E-state index in [0.29, 0.717) is 18.5 Å². The molecule has 1 aliphatic rings. The summed E-state index contributed by atoms with van der Waals surface area (Å²) in [6.07, 6.45) is -3.74. The minimum atomic E-state index is -4.36. The molecule has 0 atom stereocenters. The molecular formula is C9H9F3N2. The number of hydrogen-bond acceptors (Lipinski definition) is 2. The molecular weight excluding hydrogens is 193 g/mol. The Morgan fingerprint density at radius 2 is 2.00 bits per heavy atom. The number of benzene rings is 1. The van der Waals surface area contributed by atoms with Crippen LogP contribution in [0.25, 0.3) is 0 Å². The van der Waals surface area contributed by atoms with Gasteiger partial charge in [0.25, 0.3) is 0 Å². The van der Waals surface area contributed by atoms with Gasteiger partial charge < -0.3 is 11.1 Å². The van der Waals surface area contributed by atoms with Gasteiger partial charge in [0.05, 0.1) is 5.56 Å². The normalized spacial score (nSPS) is 15.1. The summed E-state index contributed by atoms with van der Waals surface area (Å²) in [6.45, 7) is 0.677. The summed E-state index contributed by atoms with van der Waals surface area (Å²) in [6, 6.07) is 2.48. The van der Waals surface area contributed by atoms with Crippen LogP contribution in [0.3, 0.4) is 0 Å². The van der Waals surface area contributed by atoms with Gasteiger partial charge in [-0.15, -0.1) is 0 Å². The molecule has 0 unspecified atom stereocenters. The molecule has 1 heterocycles. The van der Waals surface area contributed by atoms with E-state index in [9.17, 15) is 13.2 Å². The van der Waals surface area contributed by atoms with Crippen LogP contribution in [0.1, 0.15) is 11.1 Å². The van der Waals surface area contributed by atoms with Crippen molar-refractivity contribution in [2.75, 3.05) is 17.6 Å². The first-order valence-corrected chi connectivity index (χ1v) is 4.22. The van der Waals surface area contributed by atoms with Crippen LogP contribution in [0.2, 0.25) is 0 Å². The van der Waals surface area contributed by atoms with Crippen molar-refractivity contribution < 1.29 is 13.2 Å². The van der Waals surface area contributed by atoms with Gasteiger partial charge in [0.1, 0.15) is 0 Å². The Bertz CT molecular complexity index is 371. The van der Waals surface area contributed by atoms with E-state index in [1.54, 1.807) is 0 Å². The van der Waals surface area contributed by atoms with Crippen LogP contribution in [0.5, 0.6) is 0 Å². The molecule has 3 N–H and O–H groups in total. The third-order valence-electron chi connectivity index (χ3n) is 2.29. The van der Waals surface area contributed by atoms with Crippen molar-refractivity contribution in [3.63, 3.8) is 0 Å². The first kappa shape index (κ1) is 9.18. The van der Waals surface area contributed by atoms with E-state index in [0.717, 1.165) is 11.8 Å². The number of nitrogens with one attached hydrogen (secondary N) is 1. The maximum atomic E-state index is 12.4. The molecule has 2 rings (SSSR count). The first-order valence-electron chi connectivity index (χ1n) is 4.22. The highest BCUT2D eigenvalue weighted by Gasteiger charge is 2.34. The highest BCUT2D eigenvalue weighted by molar-refractivity contribution is 5.66. The van der Waals surface area contributed by atoms with Gasteiger partial charge in [0.2, 0.25) is 0 Å². The number of nitrogen functional groups attached to an aromatic ring is 1. The molecule has 0 spiro atoms. The van der Waals surface area contributed by atoms with E-state index in [1.165, 1.54) is 6.07 Å². The van der Waals surface area contributed by atoms with E-state index in [2.05, 4.69) is 5.32 Å². The molecule has 1 aliphatic heterocycles. The van der Waals surface area contributed by atoms with Crippen molar-refractivity contribution in [1.29, 1.82) is 0 Å². The van der Waals surface area contributed by atoms with Gasteiger partial charge in [-0.2, -0.15) is 13.2 Å². The Hall–Kier alpha value is -1.39. The minimum Gasteiger partial charge on any atom is -0.398 e. The van der Waals surface area contributed by atoms with Crippen molar-refractivity contribution >= 4 is 11.4 Å². The summed E-state index contributed by atoms with van der Waals surface area (Å²) < 4.78 is 37.3. The second-order valence-electron chi connectivity index (χ2n) is 3.27. The summed E-state index contributed by atoms with van der Waals surface area (Å²) in [4.78, 5) is 0. The quantitative estimate of drug-likeness (QED) is 0.633. The van der Waals surface area contributed by atoms with Gasteiger partial charge in [-0.1, -0.05) is 0 Å². The lowest BCUT2D eigenvalue weighted by Crippen LogP contribution is -2.09. The van der Waals surface area contributed by atoms with Gasteiger partial charge >= 0.3 is 6.18 Å². The van der Waals surface area contributed by atoms with Crippen LogP contribution in [0.15, 0.2) is 12.1 Å². The Morgan fingerprint density at radius 3 is 2.64 bits per heavy atom. The molecule has 5 heteroatoms. The lowest BCUT2D eigenvalue weighted by Gasteiger charge is -2.11. The fourth-order valence-corrected chi connectivity index (χ4v) is 1.61. The largest absolute Gasteiger partial charge is 0.418 e. The summed E-state index contributed by atoms with van der Waals surface area (Å²) in [5.74, 6) is 0. The zero-order valence-electron chi connectivity index (χ0n) is 7.28. The summed E-state index contributed by atoms with van der Waals surface area (Å²) >= 11 is 0. The molecule has 1 aromatic carbocycles. The standard InChI is InChI=1S/C9H9F3N2/c10-9(11,12)6-3-5-1-2-14-8(5)4-7(6)13/h3-4,14H,1-2,13H2. The van der Waals surface area contributed by atoms with Crippen molar-refractivity contribution in [2.45, 2.75) is 12.6 Å². The predicted octanol–water partition coefficient (Wildman–Crippen LogP) is 2.26. The molecule has 1 aromatic rings. The highest BCUT2D eigenvalue weighted by atomic mass is 19.4. The van der Waals surface area contributed by atoms with E-state index in [-0.39, 0.29) is 5.69 Å². The first-order chi connectivity index (χ1) is 6.48. The molecule has 76 valence electrons. The monoisotopic (exact) mass is 202 g/mol. The Labute approximate surface area is 78.9 Å². The molecule has 0 amide bonds. The molecule has 0 bridgehead atoms. The number of alkyl halides is 3. The van der Waals surface area contributed by atoms with Gasteiger partial charge in [-0.25, -0.2) is 0 Å². The predicted molar refractivity (Wildman–Crippen MR) is 48.1 cm³/mol. The van der Waals surface area contributed by atoms with Gasteiger partial charge in [0, 0.05) is 17.9 Å². The van der Waals surface area contributed by atoms with E-state index in [1.807, 2.05) is 0 Å². The van der Waals surface area contributed by atoms with Crippen LogP contribution in [-0.2, 0) is 12.6 Å². The SMILES string of the molecule is Nc1cc2c(cc1C(F)(F)F)CCN2. The topological polar surface area (TPSA) is 38.0 Å². The number of fused-ring (bicyclic) bond motifs is 1. The molecule has 14 heavy (non-hydrogen) atoms. The third kappa shape index (κ3) is 1.38. The third-order valence-corrected chi connectivity index (χ3v) is 2.29. The van der Waals surface area contributed by atoms with Crippen molar-refractivity contribution in [3.05, 3.63) is 23.3 Å². The fraction of sp³-hybridized carbons (Fsp3) is 0.333. The van der Waals surface area contributed by atoms with Crippen LogP contribution < -0.4 is 11.1 Å². The molecule has 0 fully saturated rings. The molecule has 0 aromatic heterocycles. The summed E-state index contributed by atoms with van der Waals surface area (Å²) in [5.41, 5.74) is 5.77. The van der Waals surface area contributed by atoms with Crippen LogP contribution in [0, 0.1) is 0 Å². The minimum absolute atomic E-state index is 0.217. The Kier molecular flexibility index (Phi) is 1.83. The number of halogens is 3. The van der Waals surface area contributed by atoms with Crippen LogP contribution in [0.4, 0.5) is 24.5 Å². The lowest BCUT2D eigenvalue weighted by molar-refractivity contribution is -0.136. The molecule has 0 aliphatic carbocycles. The molecule has 0 saturated carbocycles. The van der Waals surface area contributed by atoms with E-state index in [4.69, 9.17) is 5.73 Å². The Morgan fingerprint density at radius 1 is 1.29 bits per heavy atom. The van der Waals surface area contributed by atoms with Crippen LogP contribution >= 0.6 is 0 Å².